The highest BCUT2D eigenvalue weighted by atomic mass is 32.2. The third kappa shape index (κ3) is 6.59. The van der Waals surface area contributed by atoms with Crippen molar-refractivity contribution < 1.29 is 9.90 Å². The van der Waals surface area contributed by atoms with E-state index in [9.17, 15) is 4.79 Å². The van der Waals surface area contributed by atoms with E-state index in [2.05, 4.69) is 53.4 Å². The van der Waals surface area contributed by atoms with Gasteiger partial charge in [0.2, 0.25) is 0 Å². The summed E-state index contributed by atoms with van der Waals surface area (Å²) in [5, 5.41) is 9.07. The molecule has 0 aliphatic rings. The van der Waals surface area contributed by atoms with Gasteiger partial charge < -0.3 is 5.11 Å². The lowest BCUT2D eigenvalue weighted by molar-refractivity contribution is -0.137. The lowest BCUT2D eigenvalue weighted by Crippen LogP contribution is -2.25. The SMILES string of the molecule is O=C(O)CCN(Cc1ccccc1)Cc1cccc(Sc2ccccc2)c1. The standard InChI is InChI=1S/C23H23NO2S/c25-23(26)14-15-24(17-19-8-3-1-4-9-19)18-20-10-7-13-22(16-20)27-21-11-5-2-6-12-21/h1-13,16H,14-15,17-18H2,(H,25,26). The molecular formula is C23H23NO2S. The highest BCUT2D eigenvalue weighted by Gasteiger charge is 2.10. The van der Waals surface area contributed by atoms with E-state index in [1.165, 1.54) is 20.9 Å². The maximum absolute atomic E-state index is 11.0. The fourth-order valence-corrected chi connectivity index (χ4v) is 3.82. The van der Waals surface area contributed by atoms with Crippen LogP contribution in [-0.4, -0.2) is 22.5 Å². The van der Waals surface area contributed by atoms with Gasteiger partial charge in [0.1, 0.15) is 0 Å². The van der Waals surface area contributed by atoms with Crippen LogP contribution in [0.5, 0.6) is 0 Å². The predicted octanol–water partition coefficient (Wildman–Crippen LogP) is 5.31. The molecule has 27 heavy (non-hydrogen) atoms. The zero-order valence-electron chi connectivity index (χ0n) is 15.1. The van der Waals surface area contributed by atoms with Crippen LogP contribution in [0.3, 0.4) is 0 Å². The average molecular weight is 378 g/mol. The number of carboxylic acid groups (broad SMARTS) is 1. The summed E-state index contributed by atoms with van der Waals surface area (Å²) in [5.41, 5.74) is 2.38. The van der Waals surface area contributed by atoms with Crippen LogP contribution in [0.4, 0.5) is 0 Å². The van der Waals surface area contributed by atoms with Crippen molar-refractivity contribution in [2.24, 2.45) is 0 Å². The number of hydrogen-bond donors (Lipinski definition) is 1. The van der Waals surface area contributed by atoms with E-state index in [1.54, 1.807) is 11.8 Å². The molecule has 138 valence electrons. The van der Waals surface area contributed by atoms with Crippen molar-refractivity contribution in [1.29, 1.82) is 0 Å². The quantitative estimate of drug-likeness (QED) is 0.548. The number of aliphatic carboxylic acids is 1. The van der Waals surface area contributed by atoms with Crippen molar-refractivity contribution in [2.75, 3.05) is 6.54 Å². The first-order valence-electron chi connectivity index (χ1n) is 8.99. The Morgan fingerprint density at radius 3 is 2.07 bits per heavy atom. The third-order valence-electron chi connectivity index (χ3n) is 4.17. The summed E-state index contributed by atoms with van der Waals surface area (Å²) in [6.07, 6.45) is 0.144. The molecule has 0 unspecified atom stereocenters. The first-order valence-corrected chi connectivity index (χ1v) is 9.80. The molecule has 0 spiro atoms. The molecule has 0 aliphatic carbocycles. The molecule has 0 amide bonds. The molecule has 3 aromatic rings. The smallest absolute Gasteiger partial charge is 0.304 e. The number of carbonyl (C=O) groups is 1. The zero-order valence-corrected chi connectivity index (χ0v) is 15.9. The van der Waals surface area contributed by atoms with E-state index in [0.29, 0.717) is 6.54 Å². The second-order valence-corrected chi connectivity index (χ2v) is 7.55. The molecule has 0 saturated carbocycles. The van der Waals surface area contributed by atoms with Gasteiger partial charge in [-0.05, 0) is 35.4 Å². The second-order valence-electron chi connectivity index (χ2n) is 6.40. The highest BCUT2D eigenvalue weighted by molar-refractivity contribution is 7.99. The monoisotopic (exact) mass is 377 g/mol. The Morgan fingerprint density at radius 1 is 0.778 bits per heavy atom. The van der Waals surface area contributed by atoms with Crippen LogP contribution < -0.4 is 0 Å². The largest absolute Gasteiger partial charge is 0.481 e. The summed E-state index contributed by atoms with van der Waals surface area (Å²) in [6, 6.07) is 29.0. The summed E-state index contributed by atoms with van der Waals surface area (Å²) in [7, 11) is 0. The van der Waals surface area contributed by atoms with Crippen molar-refractivity contribution in [3.8, 4) is 0 Å². The minimum Gasteiger partial charge on any atom is -0.481 e. The van der Waals surface area contributed by atoms with Crippen LogP contribution in [-0.2, 0) is 17.9 Å². The maximum Gasteiger partial charge on any atom is 0.304 e. The Bertz CT molecular complexity index is 853. The summed E-state index contributed by atoms with van der Waals surface area (Å²) < 4.78 is 0. The van der Waals surface area contributed by atoms with E-state index in [-0.39, 0.29) is 6.42 Å². The maximum atomic E-state index is 11.0. The molecule has 0 atom stereocenters. The van der Waals surface area contributed by atoms with Crippen LogP contribution in [0.2, 0.25) is 0 Å². The number of benzene rings is 3. The van der Waals surface area contributed by atoms with E-state index < -0.39 is 5.97 Å². The molecule has 0 radical (unpaired) electrons. The van der Waals surface area contributed by atoms with Crippen molar-refractivity contribution >= 4 is 17.7 Å². The van der Waals surface area contributed by atoms with Gasteiger partial charge in [-0.15, -0.1) is 0 Å². The molecule has 3 aromatic carbocycles. The fraction of sp³-hybridized carbons (Fsp3) is 0.174. The normalized spacial score (nSPS) is 10.9. The van der Waals surface area contributed by atoms with E-state index >= 15 is 0 Å². The number of rotatable bonds is 9. The van der Waals surface area contributed by atoms with Crippen LogP contribution >= 0.6 is 11.8 Å². The van der Waals surface area contributed by atoms with Gasteiger partial charge in [0.05, 0.1) is 6.42 Å². The molecule has 0 saturated heterocycles. The van der Waals surface area contributed by atoms with Gasteiger partial charge >= 0.3 is 5.97 Å². The molecule has 3 nitrogen and oxygen atoms in total. The number of carboxylic acids is 1. The van der Waals surface area contributed by atoms with Crippen LogP contribution in [0.25, 0.3) is 0 Å². The third-order valence-corrected chi connectivity index (χ3v) is 5.17. The van der Waals surface area contributed by atoms with Crippen molar-refractivity contribution in [3.63, 3.8) is 0 Å². The van der Waals surface area contributed by atoms with Gasteiger partial charge in [-0.1, -0.05) is 72.4 Å². The Morgan fingerprint density at radius 2 is 1.37 bits per heavy atom. The van der Waals surface area contributed by atoms with E-state index in [4.69, 9.17) is 5.11 Å². The Balaban J connectivity index is 1.70. The summed E-state index contributed by atoms with van der Waals surface area (Å²) >= 11 is 1.74. The first kappa shape index (κ1) is 19.2. The van der Waals surface area contributed by atoms with Gasteiger partial charge in [0.25, 0.3) is 0 Å². The molecule has 4 heteroatoms. The molecule has 0 aliphatic heterocycles. The Kier molecular flexibility index (Phi) is 7.08. The van der Waals surface area contributed by atoms with Gasteiger partial charge in [0, 0.05) is 29.4 Å². The van der Waals surface area contributed by atoms with Gasteiger partial charge in [0.15, 0.2) is 0 Å². The molecule has 0 aromatic heterocycles. The van der Waals surface area contributed by atoms with Gasteiger partial charge in [-0.3, -0.25) is 9.69 Å². The first-order chi connectivity index (χ1) is 13.2. The summed E-state index contributed by atoms with van der Waals surface area (Å²) in [4.78, 5) is 15.6. The van der Waals surface area contributed by atoms with E-state index in [0.717, 1.165) is 13.1 Å². The molecule has 3 rings (SSSR count). The lowest BCUT2D eigenvalue weighted by Gasteiger charge is -2.22. The molecule has 0 heterocycles. The minimum atomic E-state index is -0.763. The van der Waals surface area contributed by atoms with Crippen LogP contribution in [0.1, 0.15) is 17.5 Å². The van der Waals surface area contributed by atoms with Gasteiger partial charge in [-0.2, -0.15) is 0 Å². The predicted molar refractivity (Wildman–Crippen MR) is 110 cm³/mol. The van der Waals surface area contributed by atoms with Crippen LogP contribution in [0, 0.1) is 0 Å². The topological polar surface area (TPSA) is 40.5 Å². The van der Waals surface area contributed by atoms with E-state index in [1.807, 2.05) is 36.4 Å². The fourth-order valence-electron chi connectivity index (χ4n) is 2.90. The Labute approximate surface area is 164 Å². The minimum absolute atomic E-state index is 0.144. The average Bonchev–Trinajstić information content (AvgIpc) is 2.68. The van der Waals surface area contributed by atoms with Crippen molar-refractivity contribution in [2.45, 2.75) is 29.3 Å². The molecular weight excluding hydrogens is 354 g/mol. The Hall–Kier alpha value is -2.56. The molecule has 1 N–H and O–H groups in total. The number of hydrogen-bond acceptors (Lipinski definition) is 3. The zero-order chi connectivity index (χ0) is 18.9. The molecule has 0 bridgehead atoms. The second kappa shape index (κ2) is 9.95. The highest BCUT2D eigenvalue weighted by Crippen LogP contribution is 2.28. The number of nitrogens with zero attached hydrogens (tertiary/aromatic N) is 1. The van der Waals surface area contributed by atoms with Gasteiger partial charge in [-0.25, -0.2) is 0 Å². The van der Waals surface area contributed by atoms with Crippen molar-refractivity contribution in [1.82, 2.24) is 4.90 Å². The molecule has 0 fully saturated rings. The summed E-state index contributed by atoms with van der Waals surface area (Å²) in [5.74, 6) is -0.763. The lowest BCUT2D eigenvalue weighted by atomic mass is 10.1. The summed E-state index contributed by atoms with van der Waals surface area (Å²) in [6.45, 7) is 2.00. The van der Waals surface area contributed by atoms with Crippen molar-refractivity contribution in [3.05, 3.63) is 96.1 Å². The van der Waals surface area contributed by atoms with Crippen LogP contribution in [0.15, 0.2) is 94.7 Å².